The van der Waals surface area contributed by atoms with Crippen molar-refractivity contribution in [1.82, 2.24) is 5.48 Å². The summed E-state index contributed by atoms with van der Waals surface area (Å²) in [6.07, 6.45) is 1.55. The molecule has 1 fully saturated rings. The summed E-state index contributed by atoms with van der Waals surface area (Å²) in [5.41, 5.74) is 6.70. The van der Waals surface area contributed by atoms with Crippen LogP contribution in [0.3, 0.4) is 0 Å². The molecule has 1 heterocycles. The van der Waals surface area contributed by atoms with Crippen LogP contribution in [-0.4, -0.2) is 37.8 Å². The predicted octanol–water partition coefficient (Wildman–Crippen LogP) is -1.51. The van der Waals surface area contributed by atoms with Crippen LogP contribution in [0.5, 0.6) is 0 Å². The quantitative estimate of drug-likeness (QED) is 0.588. The van der Waals surface area contributed by atoms with Crippen molar-refractivity contribution in [3.63, 3.8) is 0 Å². The molecule has 1 saturated heterocycles. The first-order valence-electron chi connectivity index (χ1n) is 4.85. The molecular weight excluding hydrogens is 236 g/mol. The minimum Gasteiger partial charge on any atom is -0.368 e. The Kier molecular flexibility index (Phi) is 4.25. The molecule has 3 N–H and O–H groups in total. The summed E-state index contributed by atoms with van der Waals surface area (Å²) < 4.78 is 23.0. The normalized spacial score (nSPS) is 23.6. The van der Waals surface area contributed by atoms with Crippen molar-refractivity contribution in [2.45, 2.75) is 24.5 Å². The van der Waals surface area contributed by atoms with Crippen molar-refractivity contribution in [3.05, 3.63) is 0 Å². The van der Waals surface area contributed by atoms with Gasteiger partial charge in [-0.25, -0.2) is 13.9 Å². The molecule has 1 aliphatic rings. The second kappa shape index (κ2) is 5.26. The maximum Gasteiger partial charge on any atom is 0.261 e. The molecule has 8 heteroatoms. The van der Waals surface area contributed by atoms with Gasteiger partial charge in [0.15, 0.2) is 16.4 Å². The Hall–Kier alpha value is -1.15. The lowest BCUT2D eigenvalue weighted by atomic mass is 10.2. The van der Waals surface area contributed by atoms with E-state index in [1.807, 2.05) is 5.48 Å². The fraction of sp³-hybridized carbons (Fsp3) is 0.750. The molecule has 0 aromatic carbocycles. The maximum absolute atomic E-state index is 11.5. The highest BCUT2D eigenvalue weighted by Gasteiger charge is 2.34. The number of nitrogens with one attached hydrogen (secondary N) is 1. The van der Waals surface area contributed by atoms with E-state index in [0.29, 0.717) is 12.8 Å². The third kappa shape index (κ3) is 3.46. The first kappa shape index (κ1) is 12.9. The Morgan fingerprint density at radius 1 is 1.38 bits per heavy atom. The third-order valence-electron chi connectivity index (χ3n) is 2.26. The number of hydroxylamine groups is 1. The average Bonchev–Trinajstić information content (AvgIpc) is 2.16. The number of primary amides is 1. The van der Waals surface area contributed by atoms with Crippen molar-refractivity contribution in [3.8, 4) is 0 Å². The number of sulfone groups is 1. The van der Waals surface area contributed by atoms with Gasteiger partial charge in [0.05, 0.1) is 5.75 Å². The summed E-state index contributed by atoms with van der Waals surface area (Å²) in [4.78, 5) is 26.2. The van der Waals surface area contributed by atoms with Gasteiger partial charge in [-0.05, 0) is 12.8 Å². The van der Waals surface area contributed by atoms with Gasteiger partial charge < -0.3 is 5.73 Å². The molecule has 0 saturated carbocycles. The van der Waals surface area contributed by atoms with Crippen molar-refractivity contribution < 1.29 is 22.8 Å². The van der Waals surface area contributed by atoms with Gasteiger partial charge in [0.1, 0.15) is 5.25 Å². The smallest absolute Gasteiger partial charge is 0.261 e. The SMILES string of the molecule is NC(=O)CONC(=O)C1CCCCS1(=O)=O. The maximum atomic E-state index is 11.5. The Balaban J connectivity index is 2.49. The van der Waals surface area contributed by atoms with Crippen LogP contribution in [0, 0.1) is 0 Å². The second-order valence-corrected chi connectivity index (χ2v) is 5.88. The monoisotopic (exact) mass is 250 g/mol. The first-order chi connectivity index (χ1) is 7.43. The number of nitrogens with two attached hydrogens (primary N) is 1. The van der Waals surface area contributed by atoms with E-state index in [1.165, 1.54) is 0 Å². The van der Waals surface area contributed by atoms with Crippen LogP contribution in [0.25, 0.3) is 0 Å². The highest BCUT2D eigenvalue weighted by molar-refractivity contribution is 7.92. The average molecular weight is 250 g/mol. The van der Waals surface area contributed by atoms with Crippen LogP contribution in [0.4, 0.5) is 0 Å². The number of rotatable bonds is 4. The highest BCUT2D eigenvalue weighted by atomic mass is 32.2. The number of amides is 2. The van der Waals surface area contributed by atoms with E-state index in [2.05, 4.69) is 4.84 Å². The molecule has 0 aliphatic carbocycles. The van der Waals surface area contributed by atoms with E-state index in [1.54, 1.807) is 0 Å². The molecule has 7 nitrogen and oxygen atoms in total. The second-order valence-electron chi connectivity index (χ2n) is 3.57. The third-order valence-corrected chi connectivity index (χ3v) is 4.43. The van der Waals surface area contributed by atoms with Gasteiger partial charge in [0, 0.05) is 0 Å². The van der Waals surface area contributed by atoms with Crippen LogP contribution >= 0.6 is 0 Å². The van der Waals surface area contributed by atoms with Crippen molar-refractivity contribution in [2.24, 2.45) is 5.73 Å². The largest absolute Gasteiger partial charge is 0.368 e. The molecule has 2 amide bonds. The van der Waals surface area contributed by atoms with E-state index in [4.69, 9.17) is 5.73 Å². The lowest BCUT2D eigenvalue weighted by Crippen LogP contribution is -2.43. The van der Waals surface area contributed by atoms with Crippen LogP contribution in [0.1, 0.15) is 19.3 Å². The molecule has 0 spiro atoms. The standard InChI is InChI=1S/C8H14N2O5S/c9-7(11)5-15-10-8(12)6-3-1-2-4-16(6,13)14/h6H,1-5H2,(H2,9,11)(H,10,12). The van der Waals surface area contributed by atoms with E-state index >= 15 is 0 Å². The van der Waals surface area contributed by atoms with Crippen LogP contribution in [0.2, 0.25) is 0 Å². The van der Waals surface area contributed by atoms with Crippen molar-refractivity contribution in [1.29, 1.82) is 0 Å². The van der Waals surface area contributed by atoms with E-state index in [9.17, 15) is 18.0 Å². The zero-order chi connectivity index (χ0) is 12.2. The Labute approximate surface area is 93.2 Å². The van der Waals surface area contributed by atoms with Gasteiger partial charge in [-0.3, -0.25) is 14.4 Å². The van der Waals surface area contributed by atoms with Crippen LogP contribution in [0.15, 0.2) is 0 Å². The van der Waals surface area contributed by atoms with Gasteiger partial charge in [-0.15, -0.1) is 0 Å². The molecule has 0 aromatic rings. The van der Waals surface area contributed by atoms with Gasteiger partial charge >= 0.3 is 0 Å². The number of hydrogen-bond donors (Lipinski definition) is 2. The minimum absolute atomic E-state index is 0.0148. The zero-order valence-corrected chi connectivity index (χ0v) is 9.46. The fourth-order valence-electron chi connectivity index (χ4n) is 1.49. The summed E-state index contributed by atoms with van der Waals surface area (Å²) in [5, 5.41) is -1.07. The highest BCUT2D eigenvalue weighted by Crippen LogP contribution is 2.19. The summed E-state index contributed by atoms with van der Waals surface area (Å²) in [6.45, 7) is -0.474. The van der Waals surface area contributed by atoms with Crippen molar-refractivity contribution in [2.75, 3.05) is 12.4 Å². The molecule has 0 bridgehead atoms. The summed E-state index contributed by atoms with van der Waals surface area (Å²) >= 11 is 0. The van der Waals surface area contributed by atoms with Crippen molar-refractivity contribution >= 4 is 21.7 Å². The molecule has 0 radical (unpaired) electrons. The topological polar surface area (TPSA) is 116 Å². The van der Waals surface area contributed by atoms with Gasteiger partial charge in [0.25, 0.3) is 5.91 Å². The lowest BCUT2D eigenvalue weighted by Gasteiger charge is -2.20. The van der Waals surface area contributed by atoms with Gasteiger partial charge in [-0.2, -0.15) is 0 Å². The van der Waals surface area contributed by atoms with E-state index in [-0.39, 0.29) is 12.2 Å². The molecule has 1 atom stereocenters. The fourth-order valence-corrected chi connectivity index (χ4v) is 3.28. The zero-order valence-electron chi connectivity index (χ0n) is 8.64. The molecule has 1 rings (SSSR count). The van der Waals surface area contributed by atoms with E-state index in [0.717, 1.165) is 0 Å². The van der Waals surface area contributed by atoms with Crippen LogP contribution in [-0.2, 0) is 24.3 Å². The van der Waals surface area contributed by atoms with Gasteiger partial charge in [-0.1, -0.05) is 6.42 Å². The first-order valence-corrected chi connectivity index (χ1v) is 6.56. The summed E-state index contributed by atoms with van der Waals surface area (Å²) in [6, 6.07) is 0. The molecule has 1 aliphatic heterocycles. The predicted molar refractivity (Wildman–Crippen MR) is 54.7 cm³/mol. The van der Waals surface area contributed by atoms with Crippen LogP contribution < -0.4 is 11.2 Å². The number of carbonyl (C=O) groups is 2. The molecule has 16 heavy (non-hydrogen) atoms. The Morgan fingerprint density at radius 2 is 2.06 bits per heavy atom. The minimum atomic E-state index is -3.38. The lowest BCUT2D eigenvalue weighted by molar-refractivity contribution is -0.137. The molecular formula is C8H14N2O5S. The summed E-state index contributed by atoms with van der Waals surface area (Å²) in [5.74, 6) is -1.46. The Bertz CT molecular complexity index is 378. The number of carbonyl (C=O) groups excluding carboxylic acids is 2. The number of hydrogen-bond acceptors (Lipinski definition) is 5. The molecule has 92 valence electrons. The molecule has 1 unspecified atom stereocenters. The Morgan fingerprint density at radius 3 is 2.62 bits per heavy atom. The molecule has 0 aromatic heterocycles. The summed E-state index contributed by atoms with van der Waals surface area (Å²) in [7, 11) is -3.38. The van der Waals surface area contributed by atoms with E-state index < -0.39 is 33.5 Å². The van der Waals surface area contributed by atoms with Gasteiger partial charge in [0.2, 0.25) is 5.91 Å².